The minimum Gasteiger partial charge on any atom is -0.388 e. The molecule has 1 aromatic rings. The van der Waals surface area contributed by atoms with Crippen molar-refractivity contribution in [3.63, 3.8) is 0 Å². The van der Waals surface area contributed by atoms with E-state index < -0.39 is 6.10 Å². The first kappa shape index (κ1) is 16.1. The van der Waals surface area contributed by atoms with E-state index in [1.54, 1.807) is 18.2 Å². The minimum absolute atomic E-state index is 0.0878. The van der Waals surface area contributed by atoms with Gasteiger partial charge in [-0.15, -0.1) is 0 Å². The van der Waals surface area contributed by atoms with E-state index in [0.717, 1.165) is 5.56 Å². The zero-order chi connectivity index (χ0) is 15.7. The number of likely N-dealkylation sites (tertiary alicyclic amines) is 1. The Morgan fingerprint density at radius 3 is 2.55 bits per heavy atom. The molecule has 2 fully saturated rings. The van der Waals surface area contributed by atoms with Gasteiger partial charge in [0.15, 0.2) is 0 Å². The van der Waals surface area contributed by atoms with Crippen molar-refractivity contribution >= 4 is 29.1 Å². The number of carbonyl (C=O) groups excluding carboxylic acids is 1. The monoisotopic (exact) mass is 341 g/mol. The highest BCUT2D eigenvalue weighted by Crippen LogP contribution is 2.34. The lowest BCUT2D eigenvalue weighted by Gasteiger charge is -2.42. The lowest BCUT2D eigenvalue weighted by Crippen LogP contribution is -2.52. The van der Waals surface area contributed by atoms with Gasteiger partial charge >= 0.3 is 0 Å². The molecule has 1 aromatic carbocycles. The van der Waals surface area contributed by atoms with Crippen LogP contribution in [-0.2, 0) is 4.79 Å². The summed E-state index contributed by atoms with van der Waals surface area (Å²) < 4.78 is 0. The summed E-state index contributed by atoms with van der Waals surface area (Å²) >= 11 is 11.9. The van der Waals surface area contributed by atoms with Crippen molar-refractivity contribution in [1.82, 2.24) is 4.90 Å². The van der Waals surface area contributed by atoms with E-state index in [1.165, 1.54) is 25.7 Å². The molecule has 1 amide bonds. The summed E-state index contributed by atoms with van der Waals surface area (Å²) in [6.45, 7) is 1.26. The van der Waals surface area contributed by atoms with Gasteiger partial charge in [-0.05, 0) is 36.5 Å². The van der Waals surface area contributed by atoms with E-state index in [9.17, 15) is 9.90 Å². The summed E-state index contributed by atoms with van der Waals surface area (Å²) in [5.41, 5.74) is 0.766. The van der Waals surface area contributed by atoms with Gasteiger partial charge in [0, 0.05) is 25.4 Å². The third-order valence-corrected chi connectivity index (χ3v) is 5.67. The maximum atomic E-state index is 12.2. The van der Waals surface area contributed by atoms with E-state index in [1.807, 2.05) is 4.90 Å². The molecular formula is C17H21Cl2NO2. The number of halogens is 2. The maximum Gasteiger partial charge on any atom is 0.222 e. The highest BCUT2D eigenvalue weighted by molar-refractivity contribution is 6.42. The van der Waals surface area contributed by atoms with Crippen LogP contribution in [0.25, 0.3) is 0 Å². The van der Waals surface area contributed by atoms with Gasteiger partial charge in [-0.2, -0.15) is 0 Å². The zero-order valence-electron chi connectivity index (χ0n) is 12.5. The molecule has 120 valence electrons. The molecule has 0 spiro atoms. The van der Waals surface area contributed by atoms with Crippen molar-refractivity contribution in [3.05, 3.63) is 33.8 Å². The number of aliphatic hydroxyl groups is 1. The standard InChI is InChI=1S/C17H21Cl2NO2/c18-14-6-5-12(8-15(14)19)17(22)13-9-20(10-13)16(21)7-11-3-1-2-4-11/h5-6,8,11,13,17,22H,1-4,7,9-10H2. The van der Waals surface area contributed by atoms with E-state index in [0.29, 0.717) is 35.5 Å². The van der Waals surface area contributed by atoms with Crippen molar-refractivity contribution in [2.24, 2.45) is 11.8 Å². The summed E-state index contributed by atoms with van der Waals surface area (Å²) in [5, 5.41) is 11.3. The second-order valence-corrected chi connectivity index (χ2v) is 7.35. The van der Waals surface area contributed by atoms with Gasteiger partial charge in [-0.3, -0.25) is 4.79 Å². The van der Waals surface area contributed by atoms with Crippen LogP contribution in [0.2, 0.25) is 10.0 Å². The fourth-order valence-electron chi connectivity index (χ4n) is 3.48. The average molecular weight is 342 g/mol. The first-order valence-electron chi connectivity index (χ1n) is 7.95. The van der Waals surface area contributed by atoms with Gasteiger partial charge in [0.1, 0.15) is 0 Å². The Morgan fingerprint density at radius 2 is 1.91 bits per heavy atom. The Morgan fingerprint density at radius 1 is 1.23 bits per heavy atom. The molecule has 5 heteroatoms. The van der Waals surface area contributed by atoms with Gasteiger partial charge in [0.2, 0.25) is 5.91 Å². The first-order chi connectivity index (χ1) is 10.5. The molecule has 1 heterocycles. The number of carbonyl (C=O) groups is 1. The van der Waals surface area contributed by atoms with E-state index in [-0.39, 0.29) is 11.8 Å². The van der Waals surface area contributed by atoms with Crippen molar-refractivity contribution in [1.29, 1.82) is 0 Å². The molecule has 1 atom stereocenters. The number of hydrogen-bond donors (Lipinski definition) is 1. The molecule has 2 aliphatic rings. The quantitative estimate of drug-likeness (QED) is 0.896. The van der Waals surface area contributed by atoms with Crippen LogP contribution in [0.15, 0.2) is 18.2 Å². The Kier molecular flexibility index (Phi) is 4.96. The summed E-state index contributed by atoms with van der Waals surface area (Å²) in [5.74, 6) is 0.904. The second-order valence-electron chi connectivity index (χ2n) is 6.53. The van der Waals surface area contributed by atoms with Crippen LogP contribution in [0.3, 0.4) is 0 Å². The molecule has 1 unspecified atom stereocenters. The molecule has 1 aliphatic carbocycles. The third-order valence-electron chi connectivity index (χ3n) is 4.93. The van der Waals surface area contributed by atoms with Crippen LogP contribution in [0.5, 0.6) is 0 Å². The summed E-state index contributed by atoms with van der Waals surface area (Å²) in [4.78, 5) is 14.1. The molecule has 1 aliphatic heterocycles. The van der Waals surface area contributed by atoms with Crippen LogP contribution in [0, 0.1) is 11.8 Å². The third kappa shape index (κ3) is 3.42. The highest BCUT2D eigenvalue weighted by atomic mass is 35.5. The average Bonchev–Trinajstić information content (AvgIpc) is 2.92. The lowest BCUT2D eigenvalue weighted by atomic mass is 9.88. The lowest BCUT2D eigenvalue weighted by molar-refractivity contribution is -0.141. The number of amides is 1. The molecule has 0 bridgehead atoms. The number of benzene rings is 1. The van der Waals surface area contributed by atoms with Gasteiger partial charge in [-0.1, -0.05) is 42.1 Å². The van der Waals surface area contributed by atoms with Gasteiger partial charge in [0.25, 0.3) is 0 Å². The SMILES string of the molecule is O=C(CC1CCCC1)N1CC(C(O)c2ccc(Cl)c(Cl)c2)C1. The fraction of sp³-hybridized carbons (Fsp3) is 0.588. The first-order valence-corrected chi connectivity index (χ1v) is 8.71. The Labute approximate surface area is 141 Å². The summed E-state index contributed by atoms with van der Waals surface area (Å²) in [6, 6.07) is 5.20. The van der Waals surface area contributed by atoms with Gasteiger partial charge < -0.3 is 10.0 Å². The van der Waals surface area contributed by atoms with Crippen LogP contribution >= 0.6 is 23.2 Å². The van der Waals surface area contributed by atoms with E-state index in [2.05, 4.69) is 0 Å². The van der Waals surface area contributed by atoms with Crippen LogP contribution in [0.4, 0.5) is 0 Å². The molecule has 22 heavy (non-hydrogen) atoms. The predicted octanol–water partition coefficient (Wildman–Crippen LogP) is 4.07. The Balaban J connectivity index is 1.51. The van der Waals surface area contributed by atoms with E-state index >= 15 is 0 Å². The molecule has 3 rings (SSSR count). The maximum absolute atomic E-state index is 12.2. The summed E-state index contributed by atoms with van der Waals surface area (Å²) in [7, 11) is 0. The summed E-state index contributed by atoms with van der Waals surface area (Å²) in [6.07, 6.45) is 4.98. The second kappa shape index (κ2) is 6.77. The van der Waals surface area contributed by atoms with Crippen molar-refractivity contribution in [2.45, 2.75) is 38.2 Å². The number of aliphatic hydroxyl groups excluding tert-OH is 1. The molecular weight excluding hydrogens is 321 g/mol. The Bertz CT molecular complexity index is 552. The largest absolute Gasteiger partial charge is 0.388 e. The predicted molar refractivity (Wildman–Crippen MR) is 88.1 cm³/mol. The highest BCUT2D eigenvalue weighted by Gasteiger charge is 2.36. The van der Waals surface area contributed by atoms with E-state index in [4.69, 9.17) is 23.2 Å². The van der Waals surface area contributed by atoms with Crippen molar-refractivity contribution in [2.75, 3.05) is 13.1 Å². The van der Waals surface area contributed by atoms with Crippen LogP contribution in [-0.4, -0.2) is 29.0 Å². The molecule has 1 saturated carbocycles. The molecule has 1 saturated heterocycles. The topological polar surface area (TPSA) is 40.5 Å². The molecule has 0 aromatic heterocycles. The van der Waals surface area contributed by atoms with Gasteiger partial charge in [-0.25, -0.2) is 0 Å². The molecule has 3 nitrogen and oxygen atoms in total. The minimum atomic E-state index is -0.592. The number of hydrogen-bond acceptors (Lipinski definition) is 2. The number of rotatable bonds is 4. The Hall–Kier alpha value is -0.770. The molecule has 0 radical (unpaired) electrons. The van der Waals surface area contributed by atoms with Crippen LogP contribution < -0.4 is 0 Å². The normalized spacial score (nSPS) is 21.0. The van der Waals surface area contributed by atoms with Crippen LogP contribution in [0.1, 0.15) is 43.8 Å². The smallest absolute Gasteiger partial charge is 0.222 e. The van der Waals surface area contributed by atoms with Gasteiger partial charge in [0.05, 0.1) is 16.1 Å². The van der Waals surface area contributed by atoms with Crippen molar-refractivity contribution in [3.8, 4) is 0 Å². The molecule has 1 N–H and O–H groups in total. The fourth-order valence-corrected chi connectivity index (χ4v) is 3.78. The zero-order valence-corrected chi connectivity index (χ0v) is 14.0. The number of nitrogens with zero attached hydrogens (tertiary/aromatic N) is 1. The van der Waals surface area contributed by atoms with Crippen molar-refractivity contribution < 1.29 is 9.90 Å².